The Morgan fingerprint density at radius 2 is 1.89 bits per heavy atom. The Morgan fingerprint density at radius 3 is 2.48 bits per heavy atom. The second-order valence-corrected chi connectivity index (χ2v) is 9.58. The van der Waals surface area contributed by atoms with Gasteiger partial charge in [0.2, 0.25) is 15.9 Å². The Hall–Kier alpha value is -1.12. The number of piperidine rings is 1. The smallest absolute Gasteiger partial charge is 0.244 e. The lowest BCUT2D eigenvalue weighted by molar-refractivity contribution is -0.135. The number of carbonyl (C=O) groups is 1. The SMILES string of the molecule is C=C[C@@H]1CN(CCO)C(=O)[C@@H]2CCC[C@H]1N2S(=O)(=O)c1cc(Cl)cc(Cl)c1. The molecule has 3 atom stereocenters. The van der Waals surface area contributed by atoms with Gasteiger partial charge in [-0.25, -0.2) is 8.42 Å². The van der Waals surface area contributed by atoms with Crippen LogP contribution in [-0.4, -0.2) is 60.4 Å². The molecule has 0 radical (unpaired) electrons. The molecule has 1 amide bonds. The average molecular weight is 433 g/mol. The molecule has 27 heavy (non-hydrogen) atoms. The molecule has 2 bridgehead atoms. The van der Waals surface area contributed by atoms with E-state index < -0.39 is 16.1 Å². The van der Waals surface area contributed by atoms with Gasteiger partial charge in [0.05, 0.1) is 11.5 Å². The molecular formula is C18H22Cl2N2O4S. The highest BCUT2D eigenvalue weighted by atomic mass is 35.5. The quantitative estimate of drug-likeness (QED) is 0.725. The van der Waals surface area contributed by atoms with Crippen LogP contribution in [0, 0.1) is 5.92 Å². The summed E-state index contributed by atoms with van der Waals surface area (Å²) in [5.74, 6) is -0.509. The van der Waals surface area contributed by atoms with E-state index in [1.807, 2.05) is 0 Å². The van der Waals surface area contributed by atoms with Crippen molar-refractivity contribution in [3.05, 3.63) is 40.9 Å². The van der Waals surface area contributed by atoms with Crippen molar-refractivity contribution >= 4 is 39.1 Å². The Kier molecular flexibility index (Phi) is 6.17. The van der Waals surface area contributed by atoms with Crippen molar-refractivity contribution in [1.29, 1.82) is 0 Å². The predicted molar refractivity (Wildman–Crippen MR) is 104 cm³/mol. The lowest BCUT2D eigenvalue weighted by Gasteiger charge is -2.40. The summed E-state index contributed by atoms with van der Waals surface area (Å²) in [4.78, 5) is 14.6. The maximum atomic E-state index is 13.5. The summed E-state index contributed by atoms with van der Waals surface area (Å²) in [6.07, 6.45) is 3.53. The van der Waals surface area contributed by atoms with Crippen molar-refractivity contribution in [2.75, 3.05) is 19.7 Å². The highest BCUT2D eigenvalue weighted by Gasteiger charge is 2.49. The van der Waals surface area contributed by atoms with Crippen molar-refractivity contribution in [2.45, 2.75) is 36.2 Å². The zero-order valence-corrected chi connectivity index (χ0v) is 17.1. The number of fused-ring (bicyclic) bond motifs is 2. The maximum Gasteiger partial charge on any atom is 0.244 e. The zero-order valence-electron chi connectivity index (χ0n) is 14.7. The highest BCUT2D eigenvalue weighted by molar-refractivity contribution is 7.89. The number of amides is 1. The lowest BCUT2D eigenvalue weighted by Crippen LogP contribution is -2.54. The molecule has 0 saturated carbocycles. The van der Waals surface area contributed by atoms with Gasteiger partial charge in [0.1, 0.15) is 6.04 Å². The van der Waals surface area contributed by atoms with Crippen LogP contribution in [0.25, 0.3) is 0 Å². The van der Waals surface area contributed by atoms with Crippen LogP contribution < -0.4 is 0 Å². The first kappa shape index (κ1) is 20.6. The number of hydrogen-bond donors (Lipinski definition) is 1. The number of β-amino-alcohol motifs (C(OH)–C–C–N with tert-alkyl or cyclic N) is 1. The molecule has 148 valence electrons. The van der Waals surface area contributed by atoms with Crippen LogP contribution in [0.2, 0.25) is 10.0 Å². The molecule has 0 unspecified atom stereocenters. The number of benzene rings is 1. The largest absolute Gasteiger partial charge is 0.395 e. The Bertz CT molecular complexity index is 826. The standard InChI is InChI=1S/C18H22Cl2N2O4S/c1-2-12-11-21(6-7-23)18(24)17-5-3-4-16(12)22(17)27(25,26)15-9-13(19)8-14(20)10-15/h2,8-10,12,16-17,23H,1,3-7,11H2/t12-,16-,17+/m1/s1. The molecule has 2 fully saturated rings. The summed E-state index contributed by atoms with van der Waals surface area (Å²) in [6.45, 7) is 4.18. The molecule has 1 N–H and O–H groups in total. The third-order valence-corrected chi connectivity index (χ3v) is 7.57. The van der Waals surface area contributed by atoms with Crippen LogP contribution in [0.1, 0.15) is 19.3 Å². The van der Waals surface area contributed by atoms with Gasteiger partial charge in [0.15, 0.2) is 0 Å². The minimum atomic E-state index is -4.00. The van der Waals surface area contributed by atoms with Gasteiger partial charge in [-0.2, -0.15) is 4.31 Å². The molecule has 2 aliphatic rings. The maximum absolute atomic E-state index is 13.5. The molecular weight excluding hydrogens is 411 g/mol. The Balaban J connectivity index is 2.11. The molecule has 9 heteroatoms. The van der Waals surface area contributed by atoms with Gasteiger partial charge in [-0.15, -0.1) is 6.58 Å². The number of nitrogens with zero attached hydrogens (tertiary/aromatic N) is 2. The molecule has 6 nitrogen and oxygen atoms in total. The molecule has 2 aliphatic heterocycles. The molecule has 2 saturated heterocycles. The van der Waals surface area contributed by atoms with E-state index in [0.29, 0.717) is 19.4 Å². The summed E-state index contributed by atoms with van der Waals surface area (Å²) in [7, 11) is -4.00. The second kappa shape index (κ2) is 8.09. The third kappa shape index (κ3) is 3.89. The van der Waals surface area contributed by atoms with Crippen molar-refractivity contribution in [2.24, 2.45) is 5.92 Å². The van der Waals surface area contributed by atoms with Crippen molar-refractivity contribution in [1.82, 2.24) is 9.21 Å². The summed E-state index contributed by atoms with van der Waals surface area (Å²) in [5, 5.41) is 9.75. The van der Waals surface area contributed by atoms with Crippen LogP contribution in [0.4, 0.5) is 0 Å². The molecule has 2 heterocycles. The van der Waals surface area contributed by atoms with Crippen LogP contribution in [0.15, 0.2) is 35.7 Å². The number of aliphatic hydroxyl groups is 1. The van der Waals surface area contributed by atoms with E-state index in [9.17, 15) is 18.3 Å². The summed E-state index contributed by atoms with van der Waals surface area (Å²) >= 11 is 12.0. The van der Waals surface area contributed by atoms with E-state index >= 15 is 0 Å². The van der Waals surface area contributed by atoms with E-state index in [1.165, 1.54) is 27.4 Å². The minimum absolute atomic E-state index is 0.0249. The lowest BCUT2D eigenvalue weighted by atomic mass is 9.90. The highest BCUT2D eigenvalue weighted by Crippen LogP contribution is 2.38. The van der Waals surface area contributed by atoms with Crippen LogP contribution >= 0.6 is 23.2 Å². The fraction of sp³-hybridized carbons (Fsp3) is 0.500. The normalized spacial score (nSPS) is 26.7. The zero-order chi connectivity index (χ0) is 19.8. The fourth-order valence-corrected chi connectivity index (χ4v) is 6.62. The van der Waals surface area contributed by atoms with E-state index in [2.05, 4.69) is 6.58 Å². The van der Waals surface area contributed by atoms with Gasteiger partial charge in [-0.05, 0) is 37.5 Å². The van der Waals surface area contributed by atoms with Gasteiger partial charge < -0.3 is 10.0 Å². The number of halogens is 2. The third-order valence-electron chi connectivity index (χ3n) is 5.22. The first-order valence-electron chi connectivity index (χ1n) is 8.81. The second-order valence-electron chi connectivity index (χ2n) is 6.86. The first-order valence-corrected chi connectivity index (χ1v) is 11.0. The van der Waals surface area contributed by atoms with Crippen LogP contribution in [0.5, 0.6) is 0 Å². The average Bonchev–Trinajstić information content (AvgIpc) is 2.68. The van der Waals surface area contributed by atoms with Crippen molar-refractivity contribution < 1.29 is 18.3 Å². The van der Waals surface area contributed by atoms with Gasteiger partial charge in [-0.3, -0.25) is 4.79 Å². The van der Waals surface area contributed by atoms with Gasteiger partial charge >= 0.3 is 0 Å². The number of rotatable bonds is 5. The topological polar surface area (TPSA) is 77.9 Å². The molecule has 0 spiro atoms. The van der Waals surface area contributed by atoms with E-state index in [1.54, 1.807) is 6.08 Å². The van der Waals surface area contributed by atoms with E-state index in [-0.39, 0.29) is 46.0 Å². The molecule has 0 aromatic heterocycles. The van der Waals surface area contributed by atoms with Crippen LogP contribution in [0.3, 0.4) is 0 Å². The summed E-state index contributed by atoms with van der Waals surface area (Å²) < 4.78 is 28.3. The molecule has 1 aromatic carbocycles. The molecule has 1 aromatic rings. The van der Waals surface area contributed by atoms with Gasteiger partial charge in [-0.1, -0.05) is 29.3 Å². The van der Waals surface area contributed by atoms with Gasteiger partial charge in [0, 0.05) is 35.1 Å². The van der Waals surface area contributed by atoms with E-state index in [4.69, 9.17) is 23.2 Å². The summed E-state index contributed by atoms with van der Waals surface area (Å²) in [5.41, 5.74) is 0. The first-order chi connectivity index (χ1) is 12.8. The molecule has 0 aliphatic carbocycles. The molecule has 3 rings (SSSR count). The fourth-order valence-electron chi connectivity index (χ4n) is 4.02. The Morgan fingerprint density at radius 1 is 1.22 bits per heavy atom. The van der Waals surface area contributed by atoms with Crippen molar-refractivity contribution in [3.63, 3.8) is 0 Å². The summed E-state index contributed by atoms with van der Waals surface area (Å²) in [6, 6.07) is 2.98. The number of sulfonamides is 1. The van der Waals surface area contributed by atoms with E-state index in [0.717, 1.165) is 6.42 Å². The number of aliphatic hydroxyl groups excluding tert-OH is 1. The minimum Gasteiger partial charge on any atom is -0.395 e. The predicted octanol–water partition coefficient (Wildman–Crippen LogP) is 2.54. The number of hydrogen-bond acceptors (Lipinski definition) is 4. The van der Waals surface area contributed by atoms with Gasteiger partial charge in [0.25, 0.3) is 0 Å². The van der Waals surface area contributed by atoms with Crippen molar-refractivity contribution in [3.8, 4) is 0 Å². The monoisotopic (exact) mass is 432 g/mol. The van der Waals surface area contributed by atoms with Crippen LogP contribution in [-0.2, 0) is 14.8 Å². The number of carbonyl (C=O) groups excluding carboxylic acids is 1. The Labute approximate surface area is 169 Å².